The maximum atomic E-state index is 5.19. The maximum absolute atomic E-state index is 5.19. The maximum Gasteiger partial charge on any atom is 0.0935 e. The first-order chi connectivity index (χ1) is 8.83. The third-order valence-electron chi connectivity index (χ3n) is 4.54. The largest absolute Gasteiger partial charge is 0.472 e. The lowest BCUT2D eigenvalue weighted by Crippen LogP contribution is -2.39. The summed E-state index contributed by atoms with van der Waals surface area (Å²) in [5.41, 5.74) is 1.33. The Balaban J connectivity index is 1.89. The fourth-order valence-electron chi connectivity index (χ4n) is 3.33. The number of rotatable bonds is 6. The summed E-state index contributed by atoms with van der Waals surface area (Å²) in [4.78, 5) is 0. The summed E-state index contributed by atoms with van der Waals surface area (Å²) in [7, 11) is 0. The molecule has 1 fully saturated rings. The Morgan fingerprint density at radius 3 is 2.61 bits per heavy atom. The first kappa shape index (κ1) is 13.7. The van der Waals surface area contributed by atoms with Gasteiger partial charge in [-0.2, -0.15) is 0 Å². The zero-order chi connectivity index (χ0) is 12.8. The second kappa shape index (κ2) is 6.98. The highest BCUT2D eigenvalue weighted by molar-refractivity contribution is 5.08. The van der Waals surface area contributed by atoms with Crippen molar-refractivity contribution >= 4 is 0 Å². The third-order valence-corrected chi connectivity index (χ3v) is 4.54. The van der Waals surface area contributed by atoms with Gasteiger partial charge in [-0.25, -0.2) is 0 Å². The van der Waals surface area contributed by atoms with E-state index in [0.29, 0.717) is 6.04 Å². The predicted octanol–water partition coefficient (Wildman–Crippen LogP) is 4.02. The van der Waals surface area contributed by atoms with Gasteiger partial charge in [0.25, 0.3) is 0 Å². The van der Waals surface area contributed by atoms with Crippen LogP contribution < -0.4 is 5.32 Å². The summed E-state index contributed by atoms with van der Waals surface area (Å²) in [6, 6.07) is 2.73. The summed E-state index contributed by atoms with van der Waals surface area (Å²) in [6.45, 7) is 5.61. The number of nitrogens with one attached hydrogen (secondary N) is 1. The average molecular weight is 249 g/mol. The van der Waals surface area contributed by atoms with Crippen molar-refractivity contribution in [2.24, 2.45) is 11.8 Å². The molecule has 0 bridgehead atoms. The second-order valence-electron chi connectivity index (χ2n) is 5.69. The van der Waals surface area contributed by atoms with Gasteiger partial charge in [-0.1, -0.05) is 33.1 Å². The molecule has 1 saturated carbocycles. The average Bonchev–Trinajstić information content (AvgIpc) is 2.91. The van der Waals surface area contributed by atoms with Crippen LogP contribution >= 0.6 is 0 Å². The van der Waals surface area contributed by atoms with E-state index in [0.717, 1.165) is 24.8 Å². The van der Waals surface area contributed by atoms with Gasteiger partial charge in [0.05, 0.1) is 12.5 Å². The molecular formula is C16H27NO. The van der Waals surface area contributed by atoms with Crippen LogP contribution in [0.4, 0.5) is 0 Å². The van der Waals surface area contributed by atoms with Gasteiger partial charge in [0.2, 0.25) is 0 Å². The van der Waals surface area contributed by atoms with E-state index in [4.69, 9.17) is 4.42 Å². The lowest BCUT2D eigenvalue weighted by atomic mass is 9.76. The molecule has 102 valence electrons. The van der Waals surface area contributed by atoms with Crippen molar-refractivity contribution in [3.05, 3.63) is 24.2 Å². The lowest BCUT2D eigenvalue weighted by molar-refractivity contribution is 0.218. The van der Waals surface area contributed by atoms with Gasteiger partial charge >= 0.3 is 0 Å². The first-order valence-electron chi connectivity index (χ1n) is 7.57. The monoisotopic (exact) mass is 249 g/mol. The summed E-state index contributed by atoms with van der Waals surface area (Å²) in [5, 5.41) is 3.68. The van der Waals surface area contributed by atoms with Crippen LogP contribution in [0.5, 0.6) is 0 Å². The third kappa shape index (κ3) is 3.61. The molecule has 0 spiro atoms. The molecule has 0 amide bonds. The molecular weight excluding hydrogens is 222 g/mol. The van der Waals surface area contributed by atoms with Crippen LogP contribution in [0.1, 0.15) is 51.5 Å². The van der Waals surface area contributed by atoms with E-state index < -0.39 is 0 Å². The van der Waals surface area contributed by atoms with Crippen molar-refractivity contribution in [2.75, 3.05) is 6.54 Å². The second-order valence-corrected chi connectivity index (χ2v) is 5.69. The number of furan rings is 1. The Morgan fingerprint density at radius 1 is 1.28 bits per heavy atom. The minimum Gasteiger partial charge on any atom is -0.472 e. The molecule has 2 nitrogen and oxygen atoms in total. The van der Waals surface area contributed by atoms with Gasteiger partial charge in [0.15, 0.2) is 0 Å². The summed E-state index contributed by atoms with van der Waals surface area (Å²) < 4.78 is 5.19. The van der Waals surface area contributed by atoms with Crippen molar-refractivity contribution in [2.45, 2.75) is 58.4 Å². The standard InChI is InChI=1S/C16H27NO/c1-3-13-5-7-15(8-6-13)16(17-4-2)11-14-9-10-18-12-14/h9-10,12-13,15-17H,3-8,11H2,1-2H3. The van der Waals surface area contributed by atoms with Gasteiger partial charge in [0, 0.05) is 6.04 Å². The molecule has 1 unspecified atom stereocenters. The SMILES string of the molecule is CCNC(Cc1ccoc1)C1CCC(CC)CC1. The van der Waals surface area contributed by atoms with Crippen LogP contribution in [0, 0.1) is 11.8 Å². The van der Waals surface area contributed by atoms with Crippen LogP contribution in [0.15, 0.2) is 23.0 Å². The molecule has 0 aromatic carbocycles. The van der Waals surface area contributed by atoms with Crippen LogP contribution in [0.2, 0.25) is 0 Å². The molecule has 1 atom stereocenters. The molecule has 1 aliphatic carbocycles. The van der Waals surface area contributed by atoms with E-state index in [1.807, 2.05) is 6.26 Å². The zero-order valence-corrected chi connectivity index (χ0v) is 11.8. The Morgan fingerprint density at radius 2 is 2.06 bits per heavy atom. The normalized spacial score (nSPS) is 26.1. The molecule has 1 N–H and O–H groups in total. The Hall–Kier alpha value is -0.760. The van der Waals surface area contributed by atoms with Crippen molar-refractivity contribution in [3.8, 4) is 0 Å². The number of hydrogen-bond donors (Lipinski definition) is 1. The molecule has 1 aliphatic rings. The Bertz CT molecular complexity index is 312. The van der Waals surface area contributed by atoms with Crippen molar-refractivity contribution in [1.82, 2.24) is 5.32 Å². The molecule has 0 saturated heterocycles. The molecule has 1 aromatic heterocycles. The molecule has 18 heavy (non-hydrogen) atoms. The van der Waals surface area contributed by atoms with Crippen molar-refractivity contribution < 1.29 is 4.42 Å². The Kier molecular flexibility index (Phi) is 5.30. The smallest absolute Gasteiger partial charge is 0.0935 e. The summed E-state index contributed by atoms with van der Waals surface area (Å²) >= 11 is 0. The van der Waals surface area contributed by atoms with E-state index in [2.05, 4.69) is 25.2 Å². The van der Waals surface area contributed by atoms with Crippen LogP contribution in [-0.2, 0) is 6.42 Å². The van der Waals surface area contributed by atoms with E-state index in [1.54, 1.807) is 6.26 Å². The number of likely N-dealkylation sites (N-methyl/N-ethyl adjacent to an activating group) is 1. The topological polar surface area (TPSA) is 25.2 Å². The zero-order valence-electron chi connectivity index (χ0n) is 11.8. The number of hydrogen-bond acceptors (Lipinski definition) is 2. The Labute approximate surface area is 111 Å². The molecule has 2 rings (SSSR count). The first-order valence-corrected chi connectivity index (χ1v) is 7.57. The molecule has 1 aromatic rings. The highest BCUT2D eigenvalue weighted by Gasteiger charge is 2.26. The van der Waals surface area contributed by atoms with Gasteiger partial charge in [-0.05, 0) is 49.3 Å². The fraction of sp³-hybridized carbons (Fsp3) is 0.750. The molecule has 0 radical (unpaired) electrons. The minimum atomic E-state index is 0.630. The molecule has 0 aliphatic heterocycles. The predicted molar refractivity (Wildman–Crippen MR) is 75.6 cm³/mol. The fourth-order valence-corrected chi connectivity index (χ4v) is 3.33. The van der Waals surface area contributed by atoms with Gasteiger partial charge in [-0.3, -0.25) is 0 Å². The molecule has 1 heterocycles. The van der Waals surface area contributed by atoms with Gasteiger partial charge < -0.3 is 9.73 Å². The molecule has 2 heteroatoms. The van der Waals surface area contributed by atoms with Crippen LogP contribution in [0.3, 0.4) is 0 Å². The minimum absolute atomic E-state index is 0.630. The van der Waals surface area contributed by atoms with Crippen LogP contribution in [-0.4, -0.2) is 12.6 Å². The summed E-state index contributed by atoms with van der Waals surface area (Å²) in [6.07, 6.45) is 11.8. The van der Waals surface area contributed by atoms with Gasteiger partial charge in [0.1, 0.15) is 0 Å². The van der Waals surface area contributed by atoms with E-state index >= 15 is 0 Å². The highest BCUT2D eigenvalue weighted by atomic mass is 16.3. The summed E-state index contributed by atoms with van der Waals surface area (Å²) in [5.74, 6) is 1.83. The van der Waals surface area contributed by atoms with E-state index in [-0.39, 0.29) is 0 Å². The van der Waals surface area contributed by atoms with E-state index in [1.165, 1.54) is 37.7 Å². The van der Waals surface area contributed by atoms with Crippen molar-refractivity contribution in [1.29, 1.82) is 0 Å². The van der Waals surface area contributed by atoms with Gasteiger partial charge in [-0.15, -0.1) is 0 Å². The van der Waals surface area contributed by atoms with Crippen LogP contribution in [0.25, 0.3) is 0 Å². The highest BCUT2D eigenvalue weighted by Crippen LogP contribution is 2.33. The lowest BCUT2D eigenvalue weighted by Gasteiger charge is -2.34. The van der Waals surface area contributed by atoms with Crippen molar-refractivity contribution in [3.63, 3.8) is 0 Å². The van der Waals surface area contributed by atoms with E-state index in [9.17, 15) is 0 Å². The quantitative estimate of drug-likeness (QED) is 0.824.